The van der Waals surface area contributed by atoms with Gasteiger partial charge in [-0.3, -0.25) is 9.59 Å². The van der Waals surface area contributed by atoms with Crippen molar-refractivity contribution in [3.63, 3.8) is 0 Å². The third-order valence-electron chi connectivity index (χ3n) is 4.60. The fraction of sp³-hybridized carbons (Fsp3) is 0.0417. The Bertz CT molecular complexity index is 1460. The average Bonchev–Trinajstić information content (AvgIpc) is 3.25. The van der Waals surface area contributed by atoms with Gasteiger partial charge >= 0.3 is 5.91 Å². The molecule has 0 unspecified atom stereocenters. The Morgan fingerprint density at radius 3 is 2.74 bits per heavy atom. The number of nitrogens with one attached hydrogen (secondary N) is 2. The number of halogens is 4. The van der Waals surface area contributed by atoms with E-state index < -0.39 is 17.6 Å². The molecule has 11 heteroatoms. The van der Waals surface area contributed by atoms with Crippen molar-refractivity contribution in [2.24, 2.45) is 5.10 Å². The topological polar surface area (TPSA) is 92.9 Å². The van der Waals surface area contributed by atoms with Gasteiger partial charge in [0.25, 0.3) is 5.91 Å². The highest BCUT2D eigenvalue weighted by Crippen LogP contribution is 2.28. The van der Waals surface area contributed by atoms with E-state index in [1.54, 1.807) is 30.3 Å². The number of hydrogen-bond donors (Lipinski definition) is 2. The molecule has 0 aliphatic rings. The lowest BCUT2D eigenvalue weighted by Crippen LogP contribution is -2.20. The van der Waals surface area contributed by atoms with Crippen LogP contribution in [0.5, 0.6) is 5.75 Å². The van der Waals surface area contributed by atoms with E-state index in [0.717, 1.165) is 13.4 Å². The first-order valence-corrected chi connectivity index (χ1v) is 12.2. The summed E-state index contributed by atoms with van der Waals surface area (Å²) >= 11 is 11.8. The number of hydrazone groups is 1. The molecule has 0 saturated carbocycles. The smallest absolute Gasteiger partial charge is 0.307 e. The summed E-state index contributed by atoms with van der Waals surface area (Å²) in [6.07, 6.45) is 1.40. The first kappa shape index (κ1) is 25.1. The molecule has 4 rings (SSSR count). The van der Waals surface area contributed by atoms with Crippen molar-refractivity contribution in [2.45, 2.75) is 0 Å². The molecule has 2 N–H and O–H groups in total. The van der Waals surface area contributed by atoms with Crippen molar-refractivity contribution in [1.82, 2.24) is 5.43 Å². The molecule has 0 bridgehead atoms. The van der Waals surface area contributed by atoms with Crippen molar-refractivity contribution in [3.05, 3.63) is 90.9 Å². The van der Waals surface area contributed by atoms with Gasteiger partial charge in [0.2, 0.25) is 0 Å². The van der Waals surface area contributed by atoms with Gasteiger partial charge in [-0.25, -0.2) is 9.82 Å². The molecule has 2 amide bonds. The number of benzene rings is 3. The Kier molecular flexibility index (Phi) is 8.04. The van der Waals surface area contributed by atoms with Gasteiger partial charge < -0.3 is 14.5 Å². The molecule has 35 heavy (non-hydrogen) atoms. The highest BCUT2D eigenvalue weighted by atomic mass is 127. The van der Waals surface area contributed by atoms with E-state index in [2.05, 4.69) is 54.4 Å². The fourth-order valence-electron chi connectivity index (χ4n) is 3.01. The van der Waals surface area contributed by atoms with E-state index in [-0.39, 0.29) is 28.8 Å². The number of furan rings is 1. The van der Waals surface area contributed by atoms with Crippen LogP contribution in [0.1, 0.15) is 16.1 Å². The van der Waals surface area contributed by atoms with E-state index in [4.69, 9.17) is 20.8 Å². The lowest BCUT2D eigenvalue weighted by atomic mass is 10.2. The Morgan fingerprint density at radius 2 is 1.97 bits per heavy atom. The molecular formula is C24H15BrClFIN3O4. The van der Waals surface area contributed by atoms with Crippen molar-refractivity contribution in [1.29, 1.82) is 0 Å². The third kappa shape index (κ3) is 6.38. The molecule has 178 valence electrons. The van der Waals surface area contributed by atoms with Crippen molar-refractivity contribution in [2.75, 3.05) is 11.9 Å². The Morgan fingerprint density at radius 1 is 1.17 bits per heavy atom. The maximum atomic E-state index is 13.6. The fourth-order valence-corrected chi connectivity index (χ4v) is 4.92. The van der Waals surface area contributed by atoms with Gasteiger partial charge in [-0.1, -0.05) is 39.7 Å². The van der Waals surface area contributed by atoms with Gasteiger partial charge in [0.15, 0.2) is 12.4 Å². The number of ether oxygens (including phenoxy) is 1. The minimum atomic E-state index is -0.544. The maximum absolute atomic E-state index is 13.6. The molecule has 1 heterocycles. The minimum Gasteiger partial charge on any atom is -0.482 e. The highest BCUT2D eigenvalue weighted by molar-refractivity contribution is 14.1. The standard InChI is InChI=1S/C24H15BrClFIN3O4/c25-15-8-14-9-21(35-23(14)18(28)10-15)24(33)31-29-11-13-5-6-20(16(26)7-13)34-12-22(32)30-19-4-2-1-3-17(19)27/h1-11H,12H2,(H,30,32)(H,31,33)/b29-11-. The van der Waals surface area contributed by atoms with E-state index in [9.17, 15) is 14.0 Å². The SMILES string of the molecule is O=C(COc1ccc(/C=N\NC(=O)c2cc3cc(Br)cc(I)c3o2)cc1Cl)Nc1ccccc1F. The Hall–Kier alpha value is -2.96. The number of carbonyl (C=O) groups is 2. The van der Waals surface area contributed by atoms with E-state index in [1.807, 2.05) is 12.1 Å². The van der Waals surface area contributed by atoms with E-state index in [1.165, 1.54) is 24.4 Å². The molecule has 0 aliphatic heterocycles. The number of hydrogen-bond acceptors (Lipinski definition) is 5. The van der Waals surface area contributed by atoms with E-state index >= 15 is 0 Å². The molecule has 7 nitrogen and oxygen atoms in total. The predicted octanol–water partition coefficient (Wildman–Crippen LogP) is 6.37. The van der Waals surface area contributed by atoms with Crippen LogP contribution in [-0.4, -0.2) is 24.6 Å². The molecule has 0 aliphatic carbocycles. The van der Waals surface area contributed by atoms with Crippen LogP contribution >= 0.6 is 50.1 Å². The molecular weight excluding hydrogens is 656 g/mol. The van der Waals surface area contributed by atoms with Gasteiger partial charge in [0, 0.05) is 9.86 Å². The molecule has 4 aromatic rings. The maximum Gasteiger partial charge on any atom is 0.307 e. The summed E-state index contributed by atoms with van der Waals surface area (Å²) in [6.45, 7) is -0.357. The molecule has 0 radical (unpaired) electrons. The second kappa shape index (κ2) is 11.2. The van der Waals surface area contributed by atoms with Crippen LogP contribution in [0.4, 0.5) is 10.1 Å². The first-order valence-electron chi connectivity index (χ1n) is 9.99. The van der Waals surface area contributed by atoms with Crippen LogP contribution in [-0.2, 0) is 4.79 Å². The second-order valence-electron chi connectivity index (χ2n) is 7.12. The largest absolute Gasteiger partial charge is 0.482 e. The van der Waals surface area contributed by atoms with Crippen LogP contribution in [0.2, 0.25) is 5.02 Å². The van der Waals surface area contributed by atoms with Gasteiger partial charge in [-0.2, -0.15) is 5.10 Å². The van der Waals surface area contributed by atoms with Crippen LogP contribution in [0.25, 0.3) is 11.0 Å². The highest BCUT2D eigenvalue weighted by Gasteiger charge is 2.14. The number of anilines is 1. The number of carbonyl (C=O) groups excluding carboxylic acids is 2. The Balaban J connectivity index is 1.33. The van der Waals surface area contributed by atoms with Gasteiger partial charge in [0.1, 0.15) is 17.1 Å². The zero-order chi connectivity index (χ0) is 24.9. The van der Waals surface area contributed by atoms with Crippen molar-refractivity contribution < 1.29 is 23.1 Å². The monoisotopic (exact) mass is 669 g/mol. The summed E-state index contributed by atoms with van der Waals surface area (Å²) in [5.74, 6) is -1.19. The van der Waals surface area contributed by atoms with E-state index in [0.29, 0.717) is 11.1 Å². The molecule has 0 saturated heterocycles. The normalized spacial score (nSPS) is 11.1. The number of fused-ring (bicyclic) bond motifs is 1. The van der Waals surface area contributed by atoms with Gasteiger partial charge in [0.05, 0.1) is 20.5 Å². The van der Waals surface area contributed by atoms with Crippen LogP contribution in [0, 0.1) is 9.39 Å². The van der Waals surface area contributed by atoms with Crippen molar-refractivity contribution in [3.8, 4) is 5.75 Å². The number of nitrogens with zero attached hydrogens (tertiary/aromatic N) is 1. The summed E-state index contributed by atoms with van der Waals surface area (Å²) < 4.78 is 26.4. The first-order chi connectivity index (χ1) is 16.8. The van der Waals surface area contributed by atoms with Crippen LogP contribution in [0.15, 0.2) is 74.7 Å². The lowest BCUT2D eigenvalue weighted by Gasteiger charge is -2.09. The lowest BCUT2D eigenvalue weighted by molar-refractivity contribution is -0.118. The van der Waals surface area contributed by atoms with Gasteiger partial charge in [-0.15, -0.1) is 0 Å². The molecule has 0 spiro atoms. The quantitative estimate of drug-likeness (QED) is 0.136. The summed E-state index contributed by atoms with van der Waals surface area (Å²) in [7, 11) is 0. The minimum absolute atomic E-state index is 0.0612. The summed E-state index contributed by atoms with van der Waals surface area (Å²) in [5, 5.41) is 7.38. The number of rotatable bonds is 7. The average molecular weight is 671 g/mol. The van der Waals surface area contributed by atoms with Crippen LogP contribution in [0.3, 0.4) is 0 Å². The summed E-state index contributed by atoms with van der Waals surface area (Å²) in [5.41, 5.74) is 3.67. The Labute approximate surface area is 225 Å². The molecule has 3 aromatic carbocycles. The molecule has 1 aromatic heterocycles. The van der Waals surface area contributed by atoms with Crippen molar-refractivity contribution >= 4 is 84.8 Å². The zero-order valence-electron chi connectivity index (χ0n) is 17.7. The summed E-state index contributed by atoms with van der Waals surface area (Å²) in [6, 6.07) is 16.0. The van der Waals surface area contributed by atoms with Gasteiger partial charge in [-0.05, 0) is 76.7 Å². The number of amides is 2. The zero-order valence-corrected chi connectivity index (χ0v) is 22.1. The number of para-hydroxylation sites is 1. The second-order valence-corrected chi connectivity index (χ2v) is 9.61. The molecule has 0 atom stereocenters. The molecule has 0 fully saturated rings. The summed E-state index contributed by atoms with van der Waals surface area (Å²) in [4.78, 5) is 24.4. The predicted molar refractivity (Wildman–Crippen MR) is 144 cm³/mol. The third-order valence-corrected chi connectivity index (χ3v) is 6.16. The van der Waals surface area contributed by atoms with Crippen LogP contribution < -0.4 is 15.5 Å².